The molecule has 1 aromatic rings. The highest BCUT2D eigenvalue weighted by Gasteiger charge is 2.00. The number of hydrogen-bond donors (Lipinski definition) is 1. The molecule has 0 bridgehead atoms. The molecule has 1 N–H and O–H groups in total. The van der Waals surface area contributed by atoms with Gasteiger partial charge in [0.25, 0.3) is 0 Å². The predicted molar refractivity (Wildman–Crippen MR) is 61.1 cm³/mol. The average molecular weight is 209 g/mol. The molecular weight excluding hydrogens is 190 g/mol. The number of benzene rings is 1. The zero-order chi connectivity index (χ0) is 11.3. The van der Waals surface area contributed by atoms with E-state index in [0.29, 0.717) is 6.61 Å². The molecule has 0 saturated heterocycles. The van der Waals surface area contributed by atoms with Crippen molar-refractivity contribution in [3.63, 3.8) is 0 Å². The van der Waals surface area contributed by atoms with Gasteiger partial charge in [-0.1, -0.05) is 12.1 Å². The van der Waals surface area contributed by atoms with Crippen LogP contribution in [0.3, 0.4) is 0 Å². The second-order valence-corrected chi connectivity index (χ2v) is 3.90. The van der Waals surface area contributed by atoms with Crippen molar-refractivity contribution in [2.45, 2.75) is 13.0 Å². The van der Waals surface area contributed by atoms with Gasteiger partial charge in [-0.05, 0) is 38.7 Å². The second kappa shape index (κ2) is 5.73. The third-order valence-corrected chi connectivity index (χ3v) is 2.17. The van der Waals surface area contributed by atoms with Gasteiger partial charge in [0.2, 0.25) is 0 Å². The third-order valence-electron chi connectivity index (χ3n) is 2.17. The topological polar surface area (TPSA) is 32.7 Å². The molecule has 0 aliphatic carbocycles. The molecule has 0 aliphatic heterocycles. The number of ether oxygens (including phenoxy) is 1. The Morgan fingerprint density at radius 2 is 1.87 bits per heavy atom. The highest BCUT2D eigenvalue weighted by Crippen LogP contribution is 2.16. The van der Waals surface area contributed by atoms with Crippen LogP contribution in [0.1, 0.15) is 18.6 Å². The van der Waals surface area contributed by atoms with Gasteiger partial charge in [0.15, 0.2) is 0 Å². The number of nitrogens with zero attached hydrogens (tertiary/aromatic N) is 1. The molecule has 0 amide bonds. The van der Waals surface area contributed by atoms with Gasteiger partial charge in [0.1, 0.15) is 12.4 Å². The van der Waals surface area contributed by atoms with Crippen LogP contribution in [0.5, 0.6) is 5.75 Å². The van der Waals surface area contributed by atoms with Gasteiger partial charge in [-0.25, -0.2) is 0 Å². The second-order valence-electron chi connectivity index (χ2n) is 3.90. The van der Waals surface area contributed by atoms with E-state index in [4.69, 9.17) is 4.74 Å². The van der Waals surface area contributed by atoms with Gasteiger partial charge in [-0.2, -0.15) is 0 Å². The summed E-state index contributed by atoms with van der Waals surface area (Å²) in [5, 5.41) is 9.32. The van der Waals surface area contributed by atoms with Crippen LogP contribution in [0.2, 0.25) is 0 Å². The largest absolute Gasteiger partial charge is 0.492 e. The molecule has 0 radical (unpaired) electrons. The summed E-state index contributed by atoms with van der Waals surface area (Å²) < 4.78 is 5.53. The van der Waals surface area contributed by atoms with Crippen molar-refractivity contribution in [3.05, 3.63) is 29.8 Å². The van der Waals surface area contributed by atoms with Crippen LogP contribution in [0.15, 0.2) is 24.3 Å². The van der Waals surface area contributed by atoms with Crippen LogP contribution in [-0.4, -0.2) is 37.3 Å². The lowest BCUT2D eigenvalue weighted by Crippen LogP contribution is -2.19. The van der Waals surface area contributed by atoms with Crippen LogP contribution in [0.4, 0.5) is 0 Å². The number of hydrogen-bond acceptors (Lipinski definition) is 3. The van der Waals surface area contributed by atoms with E-state index >= 15 is 0 Å². The maximum absolute atomic E-state index is 9.32. The highest BCUT2D eigenvalue weighted by molar-refractivity contribution is 5.28. The lowest BCUT2D eigenvalue weighted by molar-refractivity contribution is 0.199. The molecule has 3 heteroatoms. The van der Waals surface area contributed by atoms with Crippen molar-refractivity contribution in [1.29, 1.82) is 0 Å². The van der Waals surface area contributed by atoms with Gasteiger partial charge >= 0.3 is 0 Å². The summed E-state index contributed by atoms with van der Waals surface area (Å²) in [5.74, 6) is 0.848. The lowest BCUT2D eigenvalue weighted by Gasteiger charge is -2.11. The number of aliphatic hydroxyl groups excluding tert-OH is 1. The fourth-order valence-electron chi connectivity index (χ4n) is 1.19. The zero-order valence-corrected chi connectivity index (χ0v) is 9.60. The molecule has 1 atom stereocenters. The Morgan fingerprint density at radius 3 is 2.33 bits per heavy atom. The zero-order valence-electron chi connectivity index (χ0n) is 9.60. The molecule has 1 aromatic carbocycles. The molecule has 0 aromatic heterocycles. The molecule has 84 valence electrons. The maximum Gasteiger partial charge on any atom is 0.119 e. The minimum absolute atomic E-state index is 0.416. The Labute approximate surface area is 91.3 Å². The van der Waals surface area contributed by atoms with Crippen molar-refractivity contribution >= 4 is 0 Å². The first-order chi connectivity index (χ1) is 7.09. The van der Waals surface area contributed by atoms with Crippen LogP contribution in [0.25, 0.3) is 0 Å². The Balaban J connectivity index is 2.43. The minimum atomic E-state index is -0.416. The molecule has 0 spiro atoms. The van der Waals surface area contributed by atoms with Crippen molar-refractivity contribution in [2.75, 3.05) is 27.2 Å². The Kier molecular flexibility index (Phi) is 4.59. The maximum atomic E-state index is 9.32. The number of rotatable bonds is 5. The van der Waals surface area contributed by atoms with Crippen LogP contribution < -0.4 is 4.74 Å². The van der Waals surface area contributed by atoms with E-state index in [1.807, 2.05) is 38.4 Å². The summed E-state index contributed by atoms with van der Waals surface area (Å²) in [6.07, 6.45) is -0.416. The van der Waals surface area contributed by atoms with Crippen LogP contribution >= 0.6 is 0 Å². The molecule has 3 nitrogen and oxygen atoms in total. The van der Waals surface area contributed by atoms with Gasteiger partial charge in [0, 0.05) is 6.54 Å². The van der Waals surface area contributed by atoms with E-state index in [-0.39, 0.29) is 0 Å². The highest BCUT2D eigenvalue weighted by atomic mass is 16.5. The predicted octanol–water partition coefficient (Wildman–Crippen LogP) is 1.68. The first kappa shape index (κ1) is 12.0. The van der Waals surface area contributed by atoms with Crippen molar-refractivity contribution < 1.29 is 9.84 Å². The van der Waals surface area contributed by atoms with E-state index in [9.17, 15) is 5.11 Å². The molecule has 0 unspecified atom stereocenters. The Hall–Kier alpha value is -1.06. The first-order valence-electron chi connectivity index (χ1n) is 5.15. The first-order valence-corrected chi connectivity index (χ1v) is 5.15. The molecule has 0 saturated carbocycles. The molecule has 1 rings (SSSR count). The molecular formula is C12H19NO2. The SMILES string of the molecule is C[C@H](O)c1ccc(OCCN(C)C)cc1. The van der Waals surface area contributed by atoms with Crippen LogP contribution in [-0.2, 0) is 0 Å². The van der Waals surface area contributed by atoms with Crippen molar-refractivity contribution in [1.82, 2.24) is 4.90 Å². The Bertz CT molecular complexity index is 280. The van der Waals surface area contributed by atoms with Gasteiger partial charge < -0.3 is 14.7 Å². The summed E-state index contributed by atoms with van der Waals surface area (Å²) >= 11 is 0. The van der Waals surface area contributed by atoms with Crippen LogP contribution in [0, 0.1) is 0 Å². The lowest BCUT2D eigenvalue weighted by atomic mass is 10.1. The minimum Gasteiger partial charge on any atom is -0.492 e. The van der Waals surface area contributed by atoms with E-state index in [1.54, 1.807) is 6.92 Å². The van der Waals surface area contributed by atoms with E-state index in [0.717, 1.165) is 17.9 Å². The quantitative estimate of drug-likeness (QED) is 0.801. The molecule has 0 heterocycles. The fourth-order valence-corrected chi connectivity index (χ4v) is 1.19. The molecule has 15 heavy (non-hydrogen) atoms. The van der Waals surface area contributed by atoms with Gasteiger partial charge in [0.05, 0.1) is 6.10 Å². The van der Waals surface area contributed by atoms with E-state index in [1.165, 1.54) is 0 Å². The molecule has 0 fully saturated rings. The fraction of sp³-hybridized carbons (Fsp3) is 0.500. The van der Waals surface area contributed by atoms with Crippen molar-refractivity contribution in [3.8, 4) is 5.75 Å². The summed E-state index contributed by atoms with van der Waals surface area (Å²) in [7, 11) is 4.03. The van der Waals surface area contributed by atoms with Crippen molar-refractivity contribution in [2.24, 2.45) is 0 Å². The van der Waals surface area contributed by atoms with Gasteiger partial charge in [-0.15, -0.1) is 0 Å². The normalized spacial score (nSPS) is 12.9. The monoisotopic (exact) mass is 209 g/mol. The third kappa shape index (κ3) is 4.32. The Morgan fingerprint density at radius 1 is 1.27 bits per heavy atom. The average Bonchev–Trinajstić information content (AvgIpc) is 2.18. The number of likely N-dealkylation sites (N-methyl/N-ethyl adjacent to an activating group) is 1. The summed E-state index contributed by atoms with van der Waals surface area (Å²) in [5.41, 5.74) is 0.912. The molecule has 0 aliphatic rings. The number of aliphatic hydroxyl groups is 1. The van der Waals surface area contributed by atoms with Gasteiger partial charge in [-0.3, -0.25) is 0 Å². The van der Waals surface area contributed by atoms with E-state index in [2.05, 4.69) is 4.90 Å². The standard InChI is InChI=1S/C12H19NO2/c1-10(14)11-4-6-12(7-5-11)15-9-8-13(2)3/h4-7,10,14H,8-9H2,1-3H3/t10-/m0/s1. The summed E-state index contributed by atoms with van der Waals surface area (Å²) in [6, 6.07) is 7.54. The summed E-state index contributed by atoms with van der Waals surface area (Å²) in [6.45, 7) is 3.33. The smallest absolute Gasteiger partial charge is 0.119 e. The van der Waals surface area contributed by atoms with E-state index < -0.39 is 6.10 Å². The summed E-state index contributed by atoms with van der Waals surface area (Å²) in [4.78, 5) is 2.07.